The second-order valence-electron chi connectivity index (χ2n) is 6.07. The Hall–Kier alpha value is -1.28. The minimum Gasteiger partial charge on any atom is -0.371 e. The van der Waals surface area contributed by atoms with E-state index in [-0.39, 0.29) is 12.0 Å². The molecule has 1 aliphatic rings. The number of aromatic nitrogens is 1. The van der Waals surface area contributed by atoms with Crippen molar-refractivity contribution in [3.63, 3.8) is 0 Å². The van der Waals surface area contributed by atoms with Crippen LogP contribution in [0, 0.1) is 6.92 Å². The van der Waals surface area contributed by atoms with Crippen LogP contribution in [0.15, 0.2) is 28.7 Å². The first kappa shape index (κ1) is 18.5. The number of thiazole rings is 1. The third kappa shape index (κ3) is 4.88. The molecular formula is C18H22BrN3O2S. The summed E-state index contributed by atoms with van der Waals surface area (Å²) in [5.74, 6) is -0.0219. The first-order valence-electron chi connectivity index (χ1n) is 8.40. The number of aryl methyl sites for hydroxylation is 2. The zero-order chi connectivity index (χ0) is 17.8. The Balaban J connectivity index is 1.57. The van der Waals surface area contributed by atoms with E-state index in [2.05, 4.69) is 50.2 Å². The molecule has 1 aliphatic heterocycles. The average Bonchev–Trinajstić information content (AvgIpc) is 2.94. The van der Waals surface area contributed by atoms with Gasteiger partial charge in [0, 0.05) is 22.4 Å². The van der Waals surface area contributed by atoms with Crippen molar-refractivity contribution in [3.8, 4) is 0 Å². The highest BCUT2D eigenvalue weighted by Gasteiger charge is 2.24. The van der Waals surface area contributed by atoms with Crippen molar-refractivity contribution in [1.29, 1.82) is 0 Å². The Kier molecular flexibility index (Phi) is 6.22. The molecule has 0 spiro atoms. The quantitative estimate of drug-likeness (QED) is 0.794. The second kappa shape index (κ2) is 8.40. The van der Waals surface area contributed by atoms with Gasteiger partial charge in [-0.05, 0) is 31.0 Å². The number of nitrogens with one attached hydrogen (secondary N) is 1. The molecule has 0 bridgehead atoms. The summed E-state index contributed by atoms with van der Waals surface area (Å²) in [6.45, 7) is 6.56. The molecule has 2 aromatic rings. The monoisotopic (exact) mass is 423 g/mol. The van der Waals surface area contributed by atoms with Crippen LogP contribution in [0.25, 0.3) is 0 Å². The number of nitrogens with zero attached hydrogens (tertiary/aromatic N) is 2. The summed E-state index contributed by atoms with van der Waals surface area (Å²) in [7, 11) is 0. The van der Waals surface area contributed by atoms with Crippen LogP contribution in [0.3, 0.4) is 0 Å². The normalized spacial score (nSPS) is 18.3. The number of halogens is 1. The number of hydrogen-bond acceptors (Lipinski definition) is 5. The maximum absolute atomic E-state index is 12.4. The van der Waals surface area contributed by atoms with Gasteiger partial charge in [0.05, 0.1) is 24.9 Å². The van der Waals surface area contributed by atoms with E-state index in [1.807, 2.05) is 19.1 Å². The molecule has 0 saturated carbocycles. The van der Waals surface area contributed by atoms with Crippen molar-refractivity contribution < 1.29 is 9.53 Å². The van der Waals surface area contributed by atoms with Gasteiger partial charge in [0.2, 0.25) is 5.91 Å². The number of carbonyl (C=O) groups excluding carboxylic acids is 1. The Bertz CT molecular complexity index is 750. The maximum Gasteiger partial charge on any atom is 0.240 e. The zero-order valence-electron chi connectivity index (χ0n) is 14.4. The van der Waals surface area contributed by atoms with E-state index in [1.165, 1.54) is 16.2 Å². The van der Waals surface area contributed by atoms with Gasteiger partial charge in [-0.1, -0.05) is 35.0 Å². The molecule has 1 aromatic carbocycles. The molecule has 1 aromatic heterocycles. The Labute approximate surface area is 160 Å². The van der Waals surface area contributed by atoms with Crippen LogP contribution < -0.4 is 5.32 Å². The van der Waals surface area contributed by atoms with Crippen LogP contribution in [0.1, 0.15) is 29.2 Å². The highest BCUT2D eigenvalue weighted by molar-refractivity contribution is 9.10. The summed E-state index contributed by atoms with van der Waals surface area (Å²) < 4.78 is 6.91. The Morgan fingerprint density at radius 1 is 1.52 bits per heavy atom. The van der Waals surface area contributed by atoms with Crippen LogP contribution in [0.2, 0.25) is 0 Å². The molecule has 1 N–H and O–H groups in total. The number of benzene rings is 1. The fourth-order valence-electron chi connectivity index (χ4n) is 2.93. The summed E-state index contributed by atoms with van der Waals surface area (Å²) in [4.78, 5) is 20.1. The van der Waals surface area contributed by atoms with Gasteiger partial charge >= 0.3 is 0 Å². The minimum absolute atomic E-state index is 0.00662. The Morgan fingerprint density at radius 3 is 3.08 bits per heavy atom. The minimum atomic E-state index is -0.0219. The van der Waals surface area contributed by atoms with E-state index >= 15 is 0 Å². The molecule has 2 heterocycles. The molecule has 1 atom stereocenters. The molecular weight excluding hydrogens is 402 g/mol. The lowest BCUT2D eigenvalue weighted by Gasteiger charge is -2.32. The molecule has 0 radical (unpaired) electrons. The van der Waals surface area contributed by atoms with E-state index in [0.29, 0.717) is 24.8 Å². The number of rotatable bonds is 5. The fraction of sp³-hybridized carbons (Fsp3) is 0.444. The maximum atomic E-state index is 12.4. The fourth-order valence-corrected chi connectivity index (χ4v) is 4.26. The smallest absolute Gasteiger partial charge is 0.240 e. The van der Waals surface area contributed by atoms with Crippen molar-refractivity contribution in [3.05, 3.63) is 44.9 Å². The van der Waals surface area contributed by atoms with Crippen LogP contribution in [-0.2, 0) is 16.0 Å². The van der Waals surface area contributed by atoms with Gasteiger partial charge in [0.25, 0.3) is 0 Å². The summed E-state index contributed by atoms with van der Waals surface area (Å²) in [6.07, 6.45) is 0.878. The first-order valence-corrected chi connectivity index (χ1v) is 10.0. The molecule has 0 aliphatic carbocycles. The van der Waals surface area contributed by atoms with Gasteiger partial charge in [-0.3, -0.25) is 9.69 Å². The topological polar surface area (TPSA) is 54.5 Å². The van der Waals surface area contributed by atoms with Gasteiger partial charge in [0.1, 0.15) is 0 Å². The van der Waals surface area contributed by atoms with Crippen molar-refractivity contribution in [1.82, 2.24) is 9.88 Å². The van der Waals surface area contributed by atoms with E-state index in [0.717, 1.165) is 28.7 Å². The van der Waals surface area contributed by atoms with Gasteiger partial charge in [-0.25, -0.2) is 4.98 Å². The average molecular weight is 424 g/mol. The van der Waals surface area contributed by atoms with Crippen LogP contribution in [0.5, 0.6) is 0 Å². The van der Waals surface area contributed by atoms with Crippen molar-refractivity contribution in [2.24, 2.45) is 0 Å². The first-order chi connectivity index (χ1) is 12.0. The SMILES string of the molecule is CCc1nc(NC(=O)CN2CCOC(c3cccc(Br)c3)C2)sc1C. The molecule has 1 saturated heterocycles. The lowest BCUT2D eigenvalue weighted by atomic mass is 10.1. The van der Waals surface area contributed by atoms with E-state index < -0.39 is 0 Å². The number of carbonyl (C=O) groups is 1. The summed E-state index contributed by atoms with van der Waals surface area (Å²) in [6, 6.07) is 8.13. The van der Waals surface area contributed by atoms with E-state index in [4.69, 9.17) is 4.74 Å². The van der Waals surface area contributed by atoms with Gasteiger partial charge in [-0.2, -0.15) is 0 Å². The van der Waals surface area contributed by atoms with Crippen LogP contribution in [-0.4, -0.2) is 42.0 Å². The van der Waals surface area contributed by atoms with Crippen molar-refractivity contribution >= 4 is 38.3 Å². The number of anilines is 1. The summed E-state index contributed by atoms with van der Waals surface area (Å²) in [5, 5.41) is 3.62. The third-order valence-corrected chi connectivity index (χ3v) is 5.63. The number of ether oxygens (including phenoxy) is 1. The zero-order valence-corrected chi connectivity index (χ0v) is 16.8. The predicted octanol–water partition coefficient (Wildman–Crippen LogP) is 3.79. The molecule has 1 amide bonds. The van der Waals surface area contributed by atoms with E-state index in [9.17, 15) is 4.79 Å². The van der Waals surface area contributed by atoms with Gasteiger partial charge in [0.15, 0.2) is 5.13 Å². The second-order valence-corrected chi connectivity index (χ2v) is 8.19. The summed E-state index contributed by atoms with van der Waals surface area (Å²) in [5.41, 5.74) is 2.18. The Morgan fingerprint density at radius 2 is 2.36 bits per heavy atom. The molecule has 25 heavy (non-hydrogen) atoms. The highest BCUT2D eigenvalue weighted by Crippen LogP contribution is 2.25. The molecule has 3 rings (SSSR count). The van der Waals surface area contributed by atoms with Gasteiger partial charge < -0.3 is 10.1 Å². The number of amides is 1. The molecule has 1 unspecified atom stereocenters. The lowest BCUT2D eigenvalue weighted by Crippen LogP contribution is -2.42. The molecule has 5 nitrogen and oxygen atoms in total. The largest absolute Gasteiger partial charge is 0.371 e. The molecule has 134 valence electrons. The van der Waals surface area contributed by atoms with Crippen molar-refractivity contribution in [2.75, 3.05) is 31.6 Å². The standard InChI is InChI=1S/C18H22BrN3O2S/c1-3-15-12(2)25-18(20-15)21-17(23)11-22-7-8-24-16(10-22)13-5-4-6-14(19)9-13/h4-6,9,16H,3,7-8,10-11H2,1-2H3,(H,20,21,23). The highest BCUT2D eigenvalue weighted by atomic mass is 79.9. The van der Waals surface area contributed by atoms with Crippen LogP contribution >= 0.6 is 27.3 Å². The number of hydrogen-bond donors (Lipinski definition) is 1. The molecule has 7 heteroatoms. The van der Waals surface area contributed by atoms with E-state index in [1.54, 1.807) is 0 Å². The van der Waals surface area contributed by atoms with Crippen LogP contribution in [0.4, 0.5) is 5.13 Å². The lowest BCUT2D eigenvalue weighted by molar-refractivity contribution is -0.119. The predicted molar refractivity (Wildman–Crippen MR) is 104 cm³/mol. The third-order valence-electron chi connectivity index (χ3n) is 4.21. The van der Waals surface area contributed by atoms with Crippen molar-refractivity contribution in [2.45, 2.75) is 26.4 Å². The van der Waals surface area contributed by atoms with Gasteiger partial charge in [-0.15, -0.1) is 11.3 Å². The summed E-state index contributed by atoms with van der Waals surface area (Å²) >= 11 is 5.03. The number of morpholine rings is 1. The molecule has 1 fully saturated rings.